The van der Waals surface area contributed by atoms with Crippen molar-refractivity contribution in [2.24, 2.45) is 0 Å². The van der Waals surface area contributed by atoms with E-state index in [2.05, 4.69) is 26.7 Å². The second-order valence-electron chi connectivity index (χ2n) is 6.85. The summed E-state index contributed by atoms with van der Waals surface area (Å²) >= 11 is 12.6. The number of hydrogen-bond acceptors (Lipinski definition) is 2. The number of para-hydroxylation sites is 1. The highest BCUT2D eigenvalue weighted by atomic mass is 35.5. The summed E-state index contributed by atoms with van der Waals surface area (Å²) in [5, 5.41) is 2.58. The molecule has 1 N–H and O–H groups in total. The Morgan fingerprint density at radius 1 is 0.931 bits per heavy atom. The highest BCUT2D eigenvalue weighted by Crippen LogP contribution is 2.30. The Hall–Kier alpha value is -3.08. The Balaban J connectivity index is 1.79. The van der Waals surface area contributed by atoms with Gasteiger partial charge < -0.3 is 9.55 Å². The van der Waals surface area contributed by atoms with Gasteiger partial charge in [0, 0.05) is 17.0 Å². The smallest absolute Gasteiger partial charge is 0.259 e. The first-order valence-electron chi connectivity index (χ1n) is 9.12. The average molecular weight is 420 g/mol. The summed E-state index contributed by atoms with van der Waals surface area (Å²) in [6, 6.07) is 23.1. The van der Waals surface area contributed by atoms with Crippen LogP contribution in [0.15, 0.2) is 77.6 Å². The summed E-state index contributed by atoms with van der Waals surface area (Å²) in [6.45, 7) is 0.615. The van der Waals surface area contributed by atoms with Crippen LogP contribution in [-0.2, 0) is 6.54 Å². The second kappa shape index (κ2) is 7.07. The number of halogens is 2. The lowest BCUT2D eigenvalue weighted by atomic mass is 10.2. The van der Waals surface area contributed by atoms with Crippen molar-refractivity contribution < 1.29 is 0 Å². The molecule has 0 unspecified atom stereocenters. The lowest BCUT2D eigenvalue weighted by Crippen LogP contribution is -2.12. The van der Waals surface area contributed by atoms with Crippen LogP contribution in [0.2, 0.25) is 10.0 Å². The first kappa shape index (κ1) is 18.0. The molecule has 0 aliphatic carbocycles. The highest BCUT2D eigenvalue weighted by molar-refractivity contribution is 6.35. The zero-order valence-corrected chi connectivity index (χ0v) is 16.7. The van der Waals surface area contributed by atoms with Gasteiger partial charge in [0.15, 0.2) is 5.82 Å². The summed E-state index contributed by atoms with van der Waals surface area (Å²) in [7, 11) is 0. The molecule has 0 spiro atoms. The molecule has 0 atom stereocenters. The summed E-state index contributed by atoms with van der Waals surface area (Å²) in [4.78, 5) is 20.3. The highest BCUT2D eigenvalue weighted by Gasteiger charge is 2.16. The Labute approximate surface area is 176 Å². The van der Waals surface area contributed by atoms with Crippen LogP contribution in [0, 0.1) is 0 Å². The van der Waals surface area contributed by atoms with Crippen LogP contribution in [0.1, 0.15) is 5.56 Å². The van der Waals surface area contributed by atoms with E-state index in [0.717, 1.165) is 22.2 Å². The van der Waals surface area contributed by atoms with Crippen LogP contribution < -0.4 is 5.56 Å². The molecule has 0 bridgehead atoms. The number of rotatable bonds is 3. The molecule has 0 saturated carbocycles. The zero-order valence-electron chi connectivity index (χ0n) is 15.2. The number of fused-ring (bicyclic) bond motifs is 2. The fraction of sp³-hybridized carbons (Fsp3) is 0.0435. The summed E-state index contributed by atoms with van der Waals surface area (Å²) in [5.41, 5.74) is 3.17. The predicted octanol–water partition coefficient (Wildman–Crippen LogP) is 5.90. The van der Waals surface area contributed by atoms with Crippen molar-refractivity contribution in [3.8, 4) is 11.5 Å². The van der Waals surface area contributed by atoms with Gasteiger partial charge in [-0.2, -0.15) is 0 Å². The molecular formula is C23H15Cl2N3O. The molecule has 5 aromatic rings. The van der Waals surface area contributed by atoms with E-state index in [1.165, 1.54) is 0 Å². The van der Waals surface area contributed by atoms with Crippen LogP contribution in [-0.4, -0.2) is 14.5 Å². The molecule has 29 heavy (non-hydrogen) atoms. The summed E-state index contributed by atoms with van der Waals surface area (Å²) in [6.07, 6.45) is 0. The number of aromatic nitrogens is 3. The molecule has 2 heterocycles. The van der Waals surface area contributed by atoms with Crippen molar-refractivity contribution in [3.63, 3.8) is 0 Å². The first-order chi connectivity index (χ1) is 14.1. The molecule has 5 rings (SSSR count). The molecule has 6 heteroatoms. The molecule has 4 nitrogen and oxygen atoms in total. The van der Waals surface area contributed by atoms with Crippen molar-refractivity contribution in [3.05, 3.63) is 98.8 Å². The number of nitrogens with one attached hydrogen (secondary N) is 1. The van der Waals surface area contributed by atoms with Crippen LogP contribution >= 0.6 is 23.2 Å². The molecule has 0 saturated heterocycles. The maximum absolute atomic E-state index is 12.7. The standard InChI is InChI=1S/C23H15Cl2N3O/c24-16-10-9-15-11-20(28(19(15)12-16)13-14-5-2-1-3-6-14)22-26-21-17(23(29)27-22)7-4-8-18(21)25/h1-12H,13H2,(H,26,27,29). The van der Waals surface area contributed by atoms with Gasteiger partial charge in [-0.25, -0.2) is 4.98 Å². The predicted molar refractivity (Wildman–Crippen MR) is 119 cm³/mol. The van der Waals surface area contributed by atoms with Gasteiger partial charge in [-0.3, -0.25) is 4.79 Å². The number of H-pyrrole nitrogens is 1. The molecule has 0 aliphatic heterocycles. The van der Waals surface area contributed by atoms with Gasteiger partial charge >= 0.3 is 0 Å². The van der Waals surface area contributed by atoms with E-state index in [0.29, 0.717) is 33.3 Å². The number of nitrogens with zero attached hydrogens (tertiary/aromatic N) is 2. The van der Waals surface area contributed by atoms with Gasteiger partial charge in [-0.05, 0) is 35.9 Å². The molecular weight excluding hydrogens is 405 g/mol. The van der Waals surface area contributed by atoms with Crippen LogP contribution in [0.5, 0.6) is 0 Å². The molecule has 3 aromatic carbocycles. The molecule has 2 aromatic heterocycles. The minimum atomic E-state index is -0.220. The second-order valence-corrected chi connectivity index (χ2v) is 7.70. The maximum atomic E-state index is 12.7. The molecule has 0 aliphatic rings. The lowest BCUT2D eigenvalue weighted by molar-refractivity contribution is 0.837. The van der Waals surface area contributed by atoms with E-state index in [1.807, 2.05) is 42.5 Å². The third kappa shape index (κ3) is 3.20. The van der Waals surface area contributed by atoms with Gasteiger partial charge in [0.2, 0.25) is 0 Å². The average Bonchev–Trinajstić information content (AvgIpc) is 3.07. The van der Waals surface area contributed by atoms with E-state index in [-0.39, 0.29) is 5.56 Å². The third-order valence-corrected chi connectivity index (χ3v) is 5.52. The minimum Gasteiger partial charge on any atom is -0.333 e. The van der Waals surface area contributed by atoms with Gasteiger partial charge in [-0.1, -0.05) is 65.7 Å². The third-order valence-electron chi connectivity index (χ3n) is 4.98. The molecule has 0 fully saturated rings. The largest absolute Gasteiger partial charge is 0.333 e. The zero-order chi connectivity index (χ0) is 20.0. The number of benzene rings is 3. The van der Waals surface area contributed by atoms with Gasteiger partial charge in [0.1, 0.15) is 0 Å². The topological polar surface area (TPSA) is 50.7 Å². The van der Waals surface area contributed by atoms with Crippen molar-refractivity contribution in [2.75, 3.05) is 0 Å². The normalized spacial score (nSPS) is 11.4. The van der Waals surface area contributed by atoms with Crippen molar-refractivity contribution in [2.45, 2.75) is 6.54 Å². The Morgan fingerprint density at radius 2 is 1.76 bits per heavy atom. The molecule has 0 radical (unpaired) electrons. The van der Waals surface area contributed by atoms with Crippen LogP contribution in [0.3, 0.4) is 0 Å². The summed E-state index contributed by atoms with van der Waals surface area (Å²) < 4.78 is 2.11. The van der Waals surface area contributed by atoms with E-state index in [1.54, 1.807) is 18.2 Å². The van der Waals surface area contributed by atoms with E-state index in [9.17, 15) is 4.79 Å². The quantitative estimate of drug-likeness (QED) is 0.395. The van der Waals surface area contributed by atoms with Crippen molar-refractivity contribution in [1.29, 1.82) is 0 Å². The number of hydrogen-bond donors (Lipinski definition) is 1. The monoisotopic (exact) mass is 419 g/mol. The fourth-order valence-corrected chi connectivity index (χ4v) is 3.99. The Morgan fingerprint density at radius 3 is 2.59 bits per heavy atom. The SMILES string of the molecule is O=c1[nH]c(-c2cc3ccc(Cl)cc3n2Cc2ccccc2)nc2c(Cl)cccc12. The Kier molecular flexibility index (Phi) is 4.38. The Bertz CT molecular complexity index is 1420. The van der Waals surface area contributed by atoms with Gasteiger partial charge in [0.25, 0.3) is 5.56 Å². The van der Waals surface area contributed by atoms with Crippen LogP contribution in [0.4, 0.5) is 0 Å². The molecule has 0 amide bonds. The van der Waals surface area contributed by atoms with E-state index < -0.39 is 0 Å². The first-order valence-corrected chi connectivity index (χ1v) is 9.87. The van der Waals surface area contributed by atoms with Gasteiger partial charge in [0.05, 0.1) is 27.1 Å². The maximum Gasteiger partial charge on any atom is 0.259 e. The fourth-order valence-electron chi connectivity index (χ4n) is 3.61. The molecule has 142 valence electrons. The van der Waals surface area contributed by atoms with E-state index in [4.69, 9.17) is 23.2 Å². The van der Waals surface area contributed by atoms with Crippen molar-refractivity contribution >= 4 is 45.0 Å². The number of aromatic amines is 1. The lowest BCUT2D eigenvalue weighted by Gasteiger charge is -2.11. The van der Waals surface area contributed by atoms with Gasteiger partial charge in [-0.15, -0.1) is 0 Å². The van der Waals surface area contributed by atoms with E-state index >= 15 is 0 Å². The minimum absolute atomic E-state index is 0.220. The summed E-state index contributed by atoms with van der Waals surface area (Å²) in [5.74, 6) is 0.471. The van der Waals surface area contributed by atoms with Crippen molar-refractivity contribution in [1.82, 2.24) is 14.5 Å². The van der Waals surface area contributed by atoms with Crippen LogP contribution in [0.25, 0.3) is 33.3 Å².